The second-order valence-corrected chi connectivity index (χ2v) is 8.50. The average Bonchev–Trinajstić information content (AvgIpc) is 3.37. The summed E-state index contributed by atoms with van der Waals surface area (Å²) in [6, 6.07) is 32.7. The van der Waals surface area contributed by atoms with Crippen molar-refractivity contribution in [1.29, 1.82) is 0 Å². The van der Waals surface area contributed by atoms with Gasteiger partial charge in [-0.3, -0.25) is 0 Å². The first kappa shape index (κ1) is 15.6. The number of hydrogen-bond donors (Lipinski definition) is 0. The molecular formula is C26H15BrN2. The standard InChI is InChI=1S/C26H15BrN2/c27-16-14-22-18-10-4-5-11-19(18)25-26-24(23(15-16)29(22)25)20-12-6-7-13-21(20)28(26)17-8-2-1-3-9-17/h1-15H. The van der Waals surface area contributed by atoms with Gasteiger partial charge in [0.2, 0.25) is 0 Å². The van der Waals surface area contributed by atoms with Gasteiger partial charge in [-0.15, -0.1) is 0 Å². The maximum Gasteiger partial charge on any atom is 0.0810 e. The highest BCUT2D eigenvalue weighted by Gasteiger charge is 2.24. The van der Waals surface area contributed by atoms with Gasteiger partial charge in [0.05, 0.1) is 27.6 Å². The van der Waals surface area contributed by atoms with Crippen LogP contribution in [0.1, 0.15) is 0 Å². The molecule has 2 nitrogen and oxygen atoms in total. The third-order valence-electron chi connectivity index (χ3n) is 6.08. The SMILES string of the molecule is Brc1cc2c3ccccc3c3c4c(c5ccccc5n4-c4ccccc4)c(c1)n23. The normalized spacial score (nSPS) is 12.3. The Hall–Kier alpha value is -3.30. The van der Waals surface area contributed by atoms with E-state index in [-0.39, 0.29) is 0 Å². The van der Waals surface area contributed by atoms with Gasteiger partial charge in [0.1, 0.15) is 0 Å². The summed E-state index contributed by atoms with van der Waals surface area (Å²) in [6.45, 7) is 0. The summed E-state index contributed by atoms with van der Waals surface area (Å²) >= 11 is 3.77. The predicted octanol–water partition coefficient (Wildman–Crippen LogP) is 7.54. The van der Waals surface area contributed by atoms with Crippen LogP contribution in [0.15, 0.2) is 95.5 Å². The molecule has 0 radical (unpaired) electrons. The number of hydrogen-bond acceptors (Lipinski definition) is 0. The first-order valence-electron chi connectivity index (χ1n) is 9.75. The van der Waals surface area contributed by atoms with Crippen molar-refractivity contribution in [1.82, 2.24) is 8.97 Å². The minimum atomic E-state index is 1.11. The van der Waals surface area contributed by atoms with E-state index in [2.05, 4.69) is 116 Å². The minimum Gasteiger partial charge on any atom is -0.307 e. The molecule has 3 heteroatoms. The van der Waals surface area contributed by atoms with Crippen LogP contribution >= 0.6 is 15.9 Å². The number of rotatable bonds is 1. The van der Waals surface area contributed by atoms with Crippen molar-refractivity contribution in [2.75, 3.05) is 0 Å². The lowest BCUT2D eigenvalue weighted by Crippen LogP contribution is -1.93. The Morgan fingerprint density at radius 1 is 0.552 bits per heavy atom. The molecule has 0 amide bonds. The fourth-order valence-electron chi connectivity index (χ4n) is 5.02. The summed E-state index contributed by atoms with van der Waals surface area (Å²) in [4.78, 5) is 0. The summed E-state index contributed by atoms with van der Waals surface area (Å²) in [5, 5.41) is 5.20. The maximum atomic E-state index is 3.77. The molecule has 3 aromatic carbocycles. The van der Waals surface area contributed by atoms with Crippen LogP contribution in [0.2, 0.25) is 0 Å². The van der Waals surface area contributed by atoms with E-state index in [0.29, 0.717) is 0 Å². The molecular weight excluding hydrogens is 420 g/mol. The molecule has 0 bridgehead atoms. The van der Waals surface area contributed by atoms with E-state index in [1.54, 1.807) is 0 Å². The van der Waals surface area contributed by atoms with Crippen LogP contribution in [0.3, 0.4) is 0 Å². The zero-order chi connectivity index (χ0) is 19.1. The van der Waals surface area contributed by atoms with E-state index in [1.165, 1.54) is 54.8 Å². The van der Waals surface area contributed by atoms with Crippen molar-refractivity contribution < 1.29 is 0 Å². The number of para-hydroxylation sites is 2. The highest BCUT2D eigenvalue weighted by molar-refractivity contribution is 9.10. The number of pyridine rings is 1. The predicted molar refractivity (Wildman–Crippen MR) is 126 cm³/mol. The van der Waals surface area contributed by atoms with Crippen LogP contribution in [0, 0.1) is 0 Å². The average molecular weight is 435 g/mol. The van der Waals surface area contributed by atoms with Crippen molar-refractivity contribution in [2.45, 2.75) is 0 Å². The third kappa shape index (κ3) is 1.86. The lowest BCUT2D eigenvalue weighted by atomic mass is 10.1. The Kier molecular flexibility index (Phi) is 2.90. The Balaban J connectivity index is 1.90. The molecule has 7 aromatic rings. The van der Waals surface area contributed by atoms with Crippen LogP contribution in [0.25, 0.3) is 54.8 Å². The quantitative estimate of drug-likeness (QED) is 0.252. The highest BCUT2D eigenvalue weighted by atomic mass is 79.9. The highest BCUT2D eigenvalue weighted by Crippen LogP contribution is 2.45. The molecule has 136 valence electrons. The van der Waals surface area contributed by atoms with E-state index < -0.39 is 0 Å². The van der Waals surface area contributed by atoms with Gasteiger partial charge in [-0.2, -0.15) is 0 Å². The number of halogens is 1. The Morgan fingerprint density at radius 3 is 2.03 bits per heavy atom. The van der Waals surface area contributed by atoms with E-state index in [9.17, 15) is 0 Å². The second-order valence-electron chi connectivity index (χ2n) is 7.59. The molecule has 0 saturated heterocycles. The first-order chi connectivity index (χ1) is 14.3. The number of nitrogens with zero attached hydrogens (tertiary/aromatic N) is 2. The van der Waals surface area contributed by atoms with Crippen LogP contribution in [0.5, 0.6) is 0 Å². The summed E-state index contributed by atoms with van der Waals surface area (Å²) < 4.78 is 5.97. The smallest absolute Gasteiger partial charge is 0.0810 e. The lowest BCUT2D eigenvalue weighted by molar-refractivity contribution is 1.18. The molecule has 29 heavy (non-hydrogen) atoms. The van der Waals surface area contributed by atoms with Crippen LogP contribution in [0.4, 0.5) is 0 Å². The fraction of sp³-hybridized carbons (Fsp3) is 0. The van der Waals surface area contributed by atoms with Gasteiger partial charge in [-0.05, 0) is 30.3 Å². The summed E-state index contributed by atoms with van der Waals surface area (Å²) in [5.74, 6) is 0. The van der Waals surface area contributed by atoms with E-state index in [0.717, 1.165) is 4.47 Å². The van der Waals surface area contributed by atoms with Gasteiger partial charge in [0, 0.05) is 31.7 Å². The molecule has 0 aliphatic carbocycles. The van der Waals surface area contributed by atoms with Crippen LogP contribution in [-0.4, -0.2) is 8.97 Å². The topological polar surface area (TPSA) is 9.34 Å². The molecule has 0 spiro atoms. The van der Waals surface area contributed by atoms with Gasteiger partial charge < -0.3 is 8.97 Å². The van der Waals surface area contributed by atoms with Crippen molar-refractivity contribution in [2.24, 2.45) is 0 Å². The number of fused-ring (bicyclic) bond motifs is 8. The zero-order valence-corrected chi connectivity index (χ0v) is 17.0. The summed E-state index contributed by atoms with van der Waals surface area (Å²) in [5.41, 5.74) is 7.50. The first-order valence-corrected chi connectivity index (χ1v) is 10.5. The molecule has 0 aliphatic heterocycles. The van der Waals surface area contributed by atoms with Gasteiger partial charge in [0.15, 0.2) is 0 Å². The Morgan fingerprint density at radius 2 is 1.21 bits per heavy atom. The molecule has 0 unspecified atom stereocenters. The molecule has 0 aliphatic rings. The monoisotopic (exact) mass is 434 g/mol. The van der Waals surface area contributed by atoms with E-state index in [4.69, 9.17) is 0 Å². The van der Waals surface area contributed by atoms with Crippen molar-refractivity contribution in [3.05, 3.63) is 95.5 Å². The largest absolute Gasteiger partial charge is 0.307 e. The summed E-state index contributed by atoms with van der Waals surface area (Å²) in [6.07, 6.45) is 0. The zero-order valence-electron chi connectivity index (χ0n) is 15.4. The maximum absolute atomic E-state index is 3.77. The Bertz CT molecular complexity index is 1700. The summed E-state index contributed by atoms with van der Waals surface area (Å²) in [7, 11) is 0. The van der Waals surface area contributed by atoms with Gasteiger partial charge in [-0.1, -0.05) is 76.6 Å². The molecule has 4 heterocycles. The van der Waals surface area contributed by atoms with Crippen molar-refractivity contribution >= 4 is 65.1 Å². The molecule has 0 atom stereocenters. The molecule has 0 saturated carbocycles. The van der Waals surface area contributed by atoms with E-state index in [1.807, 2.05) is 0 Å². The molecule has 4 aromatic heterocycles. The van der Waals surface area contributed by atoms with Crippen molar-refractivity contribution in [3.8, 4) is 5.69 Å². The van der Waals surface area contributed by atoms with E-state index >= 15 is 0 Å². The molecule has 0 N–H and O–H groups in total. The molecule has 0 fully saturated rings. The van der Waals surface area contributed by atoms with Crippen LogP contribution in [-0.2, 0) is 0 Å². The third-order valence-corrected chi connectivity index (χ3v) is 6.54. The minimum absolute atomic E-state index is 1.11. The van der Waals surface area contributed by atoms with Gasteiger partial charge in [0.25, 0.3) is 0 Å². The lowest BCUT2D eigenvalue weighted by Gasteiger charge is -2.07. The number of benzene rings is 3. The van der Waals surface area contributed by atoms with Crippen LogP contribution < -0.4 is 0 Å². The second kappa shape index (κ2) is 5.40. The molecule has 7 rings (SSSR count). The Labute approximate surface area is 175 Å². The fourth-order valence-corrected chi connectivity index (χ4v) is 5.45. The number of aromatic nitrogens is 2. The van der Waals surface area contributed by atoms with Crippen molar-refractivity contribution in [3.63, 3.8) is 0 Å². The van der Waals surface area contributed by atoms with Gasteiger partial charge >= 0.3 is 0 Å². The van der Waals surface area contributed by atoms with Gasteiger partial charge in [-0.25, -0.2) is 0 Å².